The van der Waals surface area contributed by atoms with Crippen LogP contribution >= 0.6 is 0 Å². The van der Waals surface area contributed by atoms with Gasteiger partial charge in [0.15, 0.2) is 0 Å². The lowest BCUT2D eigenvalue weighted by molar-refractivity contribution is -0.115. The summed E-state index contributed by atoms with van der Waals surface area (Å²) in [6.45, 7) is 2.33. The Bertz CT molecular complexity index is 843. The van der Waals surface area contributed by atoms with E-state index in [1.807, 2.05) is 91.9 Å². The lowest BCUT2D eigenvalue weighted by Gasteiger charge is -2.22. The smallest absolute Gasteiger partial charge is 0.255 e. The zero-order valence-corrected chi connectivity index (χ0v) is 14.2. The van der Waals surface area contributed by atoms with Gasteiger partial charge in [0.2, 0.25) is 0 Å². The van der Waals surface area contributed by atoms with Crippen molar-refractivity contribution < 1.29 is 4.79 Å². The monoisotopic (exact) mass is 328 g/mol. The van der Waals surface area contributed by atoms with Crippen LogP contribution in [0.15, 0.2) is 90.6 Å². The zero-order chi connectivity index (χ0) is 17.5. The van der Waals surface area contributed by atoms with Crippen LogP contribution in [0.2, 0.25) is 0 Å². The predicted octanol–water partition coefficient (Wildman–Crippen LogP) is 4.72. The van der Waals surface area contributed by atoms with E-state index in [1.54, 1.807) is 11.1 Å². The van der Waals surface area contributed by atoms with Gasteiger partial charge in [-0.15, -0.1) is 0 Å². The Morgan fingerprint density at radius 3 is 2.20 bits per heavy atom. The molecule has 0 saturated heterocycles. The van der Waals surface area contributed by atoms with Gasteiger partial charge < -0.3 is 0 Å². The zero-order valence-electron chi connectivity index (χ0n) is 14.2. The lowest BCUT2D eigenvalue weighted by Crippen LogP contribution is -2.31. The maximum Gasteiger partial charge on any atom is 0.255 e. The Kier molecular flexibility index (Phi) is 5.37. The summed E-state index contributed by atoms with van der Waals surface area (Å²) in [4.78, 5) is 19.1. The minimum atomic E-state index is -0.0496. The highest BCUT2D eigenvalue weighted by Gasteiger charge is 2.18. The average Bonchev–Trinajstić information content (AvgIpc) is 2.68. The van der Waals surface area contributed by atoms with Crippen molar-refractivity contribution in [1.29, 1.82) is 0 Å². The highest BCUT2D eigenvalue weighted by atomic mass is 16.2. The van der Waals surface area contributed by atoms with Crippen LogP contribution < -0.4 is 4.90 Å². The van der Waals surface area contributed by atoms with Crippen molar-refractivity contribution in [2.75, 3.05) is 4.90 Å². The van der Waals surface area contributed by atoms with Crippen LogP contribution in [-0.2, 0) is 11.3 Å². The molecule has 124 valence electrons. The molecule has 1 amide bonds. The Morgan fingerprint density at radius 2 is 1.56 bits per heavy atom. The van der Waals surface area contributed by atoms with Gasteiger partial charge in [-0.2, -0.15) is 0 Å². The lowest BCUT2D eigenvalue weighted by atomic mass is 10.1. The number of rotatable bonds is 5. The molecule has 0 radical (unpaired) electrons. The summed E-state index contributed by atoms with van der Waals surface area (Å²) >= 11 is 0. The van der Waals surface area contributed by atoms with E-state index in [-0.39, 0.29) is 5.91 Å². The van der Waals surface area contributed by atoms with Gasteiger partial charge in [-0.25, -0.2) is 4.98 Å². The van der Waals surface area contributed by atoms with Gasteiger partial charge in [-0.1, -0.05) is 66.7 Å². The molecule has 2 aromatic carbocycles. The molecule has 0 N–H and O–H groups in total. The molecule has 0 unspecified atom stereocenters. The van der Waals surface area contributed by atoms with E-state index in [9.17, 15) is 4.79 Å². The molecule has 3 rings (SSSR count). The first-order valence-electron chi connectivity index (χ1n) is 8.24. The summed E-state index contributed by atoms with van der Waals surface area (Å²) in [6, 6.07) is 25.4. The summed E-state index contributed by atoms with van der Waals surface area (Å²) in [5.74, 6) is 0.601. The summed E-state index contributed by atoms with van der Waals surface area (Å²) in [5, 5.41) is 0. The van der Waals surface area contributed by atoms with Crippen LogP contribution in [0.1, 0.15) is 18.1 Å². The second-order valence-electron chi connectivity index (χ2n) is 5.80. The number of hydrogen-bond donors (Lipinski definition) is 0. The summed E-state index contributed by atoms with van der Waals surface area (Å²) in [5.41, 5.74) is 2.75. The van der Waals surface area contributed by atoms with Crippen molar-refractivity contribution in [3.63, 3.8) is 0 Å². The first-order chi connectivity index (χ1) is 12.2. The molecule has 0 atom stereocenters. The average molecular weight is 328 g/mol. The summed E-state index contributed by atoms with van der Waals surface area (Å²) in [6.07, 6.45) is 3.61. The number of anilines is 1. The van der Waals surface area contributed by atoms with E-state index in [0.717, 1.165) is 11.1 Å². The Hall–Kier alpha value is -3.20. The van der Waals surface area contributed by atoms with E-state index in [4.69, 9.17) is 0 Å². The third-order valence-corrected chi connectivity index (χ3v) is 3.87. The van der Waals surface area contributed by atoms with Crippen molar-refractivity contribution in [3.05, 3.63) is 102 Å². The standard InChI is InChI=1S/C22H20N2O/c1-18(16-19-10-4-2-5-11-19)22(25)24(21-14-8-9-15-23-21)17-20-12-6-3-7-13-20/h2-16H,17H2,1H3/b18-16+. The minimum absolute atomic E-state index is 0.0496. The van der Waals surface area contributed by atoms with E-state index in [0.29, 0.717) is 17.9 Å². The molecule has 3 heteroatoms. The molecule has 0 aliphatic carbocycles. The van der Waals surface area contributed by atoms with Gasteiger partial charge in [-0.3, -0.25) is 9.69 Å². The van der Waals surface area contributed by atoms with Crippen LogP contribution in [0, 0.1) is 0 Å². The van der Waals surface area contributed by atoms with E-state index in [2.05, 4.69) is 4.98 Å². The second-order valence-corrected chi connectivity index (χ2v) is 5.80. The molecule has 25 heavy (non-hydrogen) atoms. The van der Waals surface area contributed by atoms with Crippen molar-refractivity contribution >= 4 is 17.8 Å². The third-order valence-electron chi connectivity index (χ3n) is 3.87. The molecule has 0 spiro atoms. The largest absolute Gasteiger partial charge is 0.288 e. The third kappa shape index (κ3) is 4.42. The van der Waals surface area contributed by atoms with E-state index in [1.165, 1.54) is 0 Å². The molecule has 1 heterocycles. The van der Waals surface area contributed by atoms with Crippen LogP contribution in [0.3, 0.4) is 0 Å². The van der Waals surface area contributed by atoms with Crippen LogP contribution in [0.5, 0.6) is 0 Å². The SMILES string of the molecule is C/C(=C\c1ccccc1)C(=O)N(Cc1ccccc1)c1ccccn1. The van der Waals surface area contributed by atoms with Crippen molar-refractivity contribution in [3.8, 4) is 0 Å². The molecule has 1 aromatic heterocycles. The first kappa shape index (κ1) is 16.7. The molecular weight excluding hydrogens is 308 g/mol. The fourth-order valence-corrected chi connectivity index (χ4v) is 2.61. The van der Waals surface area contributed by atoms with Crippen molar-refractivity contribution in [2.24, 2.45) is 0 Å². The van der Waals surface area contributed by atoms with Crippen LogP contribution in [0.4, 0.5) is 5.82 Å². The molecule has 0 aliphatic rings. The molecule has 0 bridgehead atoms. The molecule has 3 aromatic rings. The fraction of sp³-hybridized carbons (Fsp3) is 0.0909. The second kappa shape index (κ2) is 8.06. The fourth-order valence-electron chi connectivity index (χ4n) is 2.61. The highest BCUT2D eigenvalue weighted by molar-refractivity contribution is 6.07. The van der Waals surface area contributed by atoms with Crippen LogP contribution in [-0.4, -0.2) is 10.9 Å². The highest BCUT2D eigenvalue weighted by Crippen LogP contribution is 2.18. The number of pyridine rings is 1. The Morgan fingerprint density at radius 1 is 0.920 bits per heavy atom. The van der Waals surface area contributed by atoms with Gasteiger partial charge in [0.25, 0.3) is 5.91 Å². The van der Waals surface area contributed by atoms with E-state index >= 15 is 0 Å². The van der Waals surface area contributed by atoms with E-state index < -0.39 is 0 Å². The number of carbonyl (C=O) groups excluding carboxylic acids is 1. The molecule has 3 nitrogen and oxygen atoms in total. The minimum Gasteiger partial charge on any atom is -0.288 e. The van der Waals surface area contributed by atoms with Crippen molar-refractivity contribution in [2.45, 2.75) is 13.5 Å². The number of aromatic nitrogens is 1. The number of amides is 1. The normalized spacial score (nSPS) is 11.2. The first-order valence-corrected chi connectivity index (χ1v) is 8.24. The molecule has 0 saturated carbocycles. The Balaban J connectivity index is 1.91. The van der Waals surface area contributed by atoms with Gasteiger partial charge in [-0.05, 0) is 36.3 Å². The number of benzene rings is 2. The predicted molar refractivity (Wildman–Crippen MR) is 102 cm³/mol. The van der Waals surface area contributed by atoms with Gasteiger partial charge in [0.05, 0.1) is 6.54 Å². The summed E-state index contributed by atoms with van der Waals surface area (Å²) in [7, 11) is 0. The Labute approximate surface area is 148 Å². The maximum absolute atomic E-state index is 13.1. The number of nitrogens with zero attached hydrogens (tertiary/aromatic N) is 2. The van der Waals surface area contributed by atoms with Gasteiger partial charge in [0.1, 0.15) is 5.82 Å². The van der Waals surface area contributed by atoms with Gasteiger partial charge >= 0.3 is 0 Å². The number of hydrogen-bond acceptors (Lipinski definition) is 2. The molecule has 0 aliphatic heterocycles. The van der Waals surface area contributed by atoms with Gasteiger partial charge in [0, 0.05) is 11.8 Å². The molecule has 0 fully saturated rings. The maximum atomic E-state index is 13.1. The van der Waals surface area contributed by atoms with Crippen molar-refractivity contribution in [1.82, 2.24) is 4.98 Å². The molecular formula is C22H20N2O. The van der Waals surface area contributed by atoms with Crippen LogP contribution in [0.25, 0.3) is 6.08 Å². The number of carbonyl (C=O) groups is 1. The quantitative estimate of drug-likeness (QED) is 0.635. The summed E-state index contributed by atoms with van der Waals surface area (Å²) < 4.78 is 0. The topological polar surface area (TPSA) is 33.2 Å².